The van der Waals surface area contributed by atoms with Crippen LogP contribution in [0.5, 0.6) is 0 Å². The molecule has 0 saturated heterocycles. The number of nitrogens with one attached hydrogen (secondary N) is 2. The summed E-state index contributed by atoms with van der Waals surface area (Å²) in [5, 5.41) is 3.12. The second kappa shape index (κ2) is 6.91. The third-order valence-electron chi connectivity index (χ3n) is 3.69. The first-order chi connectivity index (χ1) is 9.94. The van der Waals surface area contributed by atoms with Crippen molar-refractivity contribution < 1.29 is 12.8 Å². The Kier molecular flexibility index (Phi) is 5.43. The van der Waals surface area contributed by atoms with E-state index < -0.39 is 10.0 Å². The number of sulfonamides is 1. The number of likely N-dealkylation sites (N-methyl/N-ethyl adjacent to an activating group) is 1. The lowest BCUT2D eigenvalue weighted by molar-refractivity contribution is 0.329. The lowest BCUT2D eigenvalue weighted by atomic mass is 10.4. The summed E-state index contributed by atoms with van der Waals surface area (Å²) in [5.74, 6) is 1.08. The predicted octanol–water partition coefficient (Wildman–Crippen LogP) is 1.07. The Morgan fingerprint density at radius 3 is 2.76 bits per heavy atom. The molecule has 7 heteroatoms. The maximum Gasteiger partial charge on any atom is 0.244 e. The first kappa shape index (κ1) is 16.5. The molecule has 0 amide bonds. The molecule has 0 radical (unpaired) electrons. The van der Waals surface area contributed by atoms with Gasteiger partial charge in [0.2, 0.25) is 10.0 Å². The summed E-state index contributed by atoms with van der Waals surface area (Å²) in [6.45, 7) is 6.17. The molecule has 2 N–H and O–H groups in total. The Morgan fingerprint density at radius 2 is 2.14 bits per heavy atom. The molecule has 1 aliphatic rings. The molecule has 1 fully saturated rings. The normalized spacial score (nSPS) is 15.8. The molecule has 120 valence electrons. The van der Waals surface area contributed by atoms with Crippen LogP contribution in [-0.2, 0) is 16.6 Å². The molecule has 2 rings (SSSR count). The Labute approximate surface area is 126 Å². The molecular formula is C14H25N3O3S. The van der Waals surface area contributed by atoms with Gasteiger partial charge in [-0.15, -0.1) is 0 Å². The molecule has 0 unspecified atom stereocenters. The molecule has 1 aromatic rings. The molecule has 0 aromatic carbocycles. The van der Waals surface area contributed by atoms with Gasteiger partial charge in [-0.2, -0.15) is 0 Å². The average molecular weight is 315 g/mol. The summed E-state index contributed by atoms with van der Waals surface area (Å²) in [4.78, 5) is 2.44. The number of hydrogen-bond acceptors (Lipinski definition) is 5. The fourth-order valence-corrected chi connectivity index (χ4v) is 3.48. The predicted molar refractivity (Wildman–Crippen MR) is 81.7 cm³/mol. The van der Waals surface area contributed by atoms with Gasteiger partial charge in [-0.1, -0.05) is 6.92 Å². The van der Waals surface area contributed by atoms with Crippen molar-refractivity contribution in [2.75, 3.05) is 26.7 Å². The minimum absolute atomic E-state index is 0.240. The summed E-state index contributed by atoms with van der Waals surface area (Å²) < 4.78 is 32.7. The zero-order valence-corrected chi connectivity index (χ0v) is 13.8. The first-order valence-electron chi connectivity index (χ1n) is 7.44. The van der Waals surface area contributed by atoms with E-state index in [0.717, 1.165) is 13.1 Å². The van der Waals surface area contributed by atoms with E-state index >= 15 is 0 Å². The maximum atomic E-state index is 12.3. The highest BCUT2D eigenvalue weighted by molar-refractivity contribution is 7.89. The molecule has 21 heavy (non-hydrogen) atoms. The molecule has 1 aliphatic carbocycles. The standard InChI is InChI=1S/C14H25N3O3S/c1-4-15-10-13-9-14(11(2)20-13)21(18,19)16-7-8-17(3)12-5-6-12/h9,12,15-16H,4-8,10H2,1-3H3. The van der Waals surface area contributed by atoms with Gasteiger partial charge in [0.1, 0.15) is 16.4 Å². The summed E-state index contributed by atoms with van der Waals surface area (Å²) in [5.41, 5.74) is 0. The Balaban J connectivity index is 1.92. The van der Waals surface area contributed by atoms with Crippen LogP contribution in [0.1, 0.15) is 31.3 Å². The summed E-state index contributed by atoms with van der Waals surface area (Å²) in [6.07, 6.45) is 2.44. The molecule has 0 aliphatic heterocycles. The monoisotopic (exact) mass is 315 g/mol. The van der Waals surface area contributed by atoms with E-state index in [2.05, 4.69) is 14.9 Å². The van der Waals surface area contributed by atoms with E-state index in [-0.39, 0.29) is 4.90 Å². The number of rotatable bonds is 9. The number of aryl methyl sites for hydroxylation is 1. The average Bonchev–Trinajstić information content (AvgIpc) is 3.20. The van der Waals surface area contributed by atoms with Gasteiger partial charge >= 0.3 is 0 Å². The summed E-state index contributed by atoms with van der Waals surface area (Å²) >= 11 is 0. The van der Waals surface area contributed by atoms with Crippen LogP contribution in [0.4, 0.5) is 0 Å². The van der Waals surface area contributed by atoms with Gasteiger partial charge in [0.15, 0.2) is 0 Å². The number of furan rings is 1. The zero-order chi connectivity index (χ0) is 15.5. The third-order valence-corrected chi connectivity index (χ3v) is 5.26. The van der Waals surface area contributed by atoms with E-state index in [1.165, 1.54) is 12.8 Å². The van der Waals surface area contributed by atoms with Crippen LogP contribution in [-0.4, -0.2) is 46.0 Å². The topological polar surface area (TPSA) is 74.6 Å². The van der Waals surface area contributed by atoms with Crippen molar-refractivity contribution in [1.82, 2.24) is 14.9 Å². The van der Waals surface area contributed by atoms with E-state index in [4.69, 9.17) is 4.42 Å². The van der Waals surface area contributed by atoms with Gasteiger partial charge in [-0.05, 0) is 33.4 Å². The third kappa shape index (κ3) is 4.54. The lowest BCUT2D eigenvalue weighted by Crippen LogP contribution is -2.34. The van der Waals surface area contributed by atoms with E-state index in [1.807, 2.05) is 14.0 Å². The van der Waals surface area contributed by atoms with Crippen LogP contribution in [0, 0.1) is 6.92 Å². The van der Waals surface area contributed by atoms with E-state index in [0.29, 0.717) is 30.7 Å². The van der Waals surface area contributed by atoms with Crippen molar-refractivity contribution in [3.8, 4) is 0 Å². The Morgan fingerprint density at radius 1 is 1.43 bits per heavy atom. The fraction of sp³-hybridized carbons (Fsp3) is 0.714. The minimum atomic E-state index is -3.49. The molecule has 1 heterocycles. The molecule has 0 atom stereocenters. The molecule has 1 aromatic heterocycles. The van der Waals surface area contributed by atoms with Crippen LogP contribution in [0.3, 0.4) is 0 Å². The highest BCUT2D eigenvalue weighted by Gasteiger charge is 2.26. The summed E-state index contributed by atoms with van der Waals surface area (Å²) in [7, 11) is -1.46. The quantitative estimate of drug-likeness (QED) is 0.713. The Hall–Kier alpha value is -0.890. The maximum absolute atomic E-state index is 12.3. The SMILES string of the molecule is CCNCc1cc(S(=O)(=O)NCCN(C)C2CC2)c(C)o1. The second-order valence-corrected chi connectivity index (χ2v) is 7.26. The van der Waals surface area contributed by atoms with Crippen LogP contribution in [0.2, 0.25) is 0 Å². The number of nitrogens with zero attached hydrogens (tertiary/aromatic N) is 1. The zero-order valence-electron chi connectivity index (χ0n) is 13.0. The van der Waals surface area contributed by atoms with Gasteiger partial charge in [0.25, 0.3) is 0 Å². The molecule has 1 saturated carbocycles. The van der Waals surface area contributed by atoms with Crippen LogP contribution in [0.25, 0.3) is 0 Å². The molecule has 0 bridgehead atoms. The van der Waals surface area contributed by atoms with Crippen molar-refractivity contribution in [3.05, 3.63) is 17.6 Å². The van der Waals surface area contributed by atoms with Crippen molar-refractivity contribution in [1.29, 1.82) is 0 Å². The van der Waals surface area contributed by atoms with Crippen molar-refractivity contribution in [2.45, 2.75) is 44.2 Å². The Bertz CT molecular complexity index is 564. The summed E-state index contributed by atoms with van der Waals surface area (Å²) in [6, 6.07) is 2.24. The van der Waals surface area contributed by atoms with Crippen LogP contribution < -0.4 is 10.0 Å². The van der Waals surface area contributed by atoms with Crippen molar-refractivity contribution >= 4 is 10.0 Å². The van der Waals surface area contributed by atoms with Gasteiger partial charge in [-0.3, -0.25) is 0 Å². The smallest absolute Gasteiger partial charge is 0.244 e. The van der Waals surface area contributed by atoms with Crippen molar-refractivity contribution in [3.63, 3.8) is 0 Å². The van der Waals surface area contributed by atoms with E-state index in [1.54, 1.807) is 13.0 Å². The largest absolute Gasteiger partial charge is 0.464 e. The highest BCUT2D eigenvalue weighted by atomic mass is 32.2. The van der Waals surface area contributed by atoms with Crippen LogP contribution in [0.15, 0.2) is 15.4 Å². The second-order valence-electron chi connectivity index (χ2n) is 5.52. The number of hydrogen-bond donors (Lipinski definition) is 2. The van der Waals surface area contributed by atoms with Crippen LogP contribution >= 0.6 is 0 Å². The molecular weight excluding hydrogens is 290 g/mol. The molecule has 6 nitrogen and oxygen atoms in total. The fourth-order valence-electron chi connectivity index (χ4n) is 2.26. The minimum Gasteiger partial charge on any atom is -0.464 e. The first-order valence-corrected chi connectivity index (χ1v) is 8.92. The highest BCUT2D eigenvalue weighted by Crippen LogP contribution is 2.24. The van der Waals surface area contributed by atoms with Gasteiger partial charge in [0.05, 0.1) is 6.54 Å². The van der Waals surface area contributed by atoms with Gasteiger partial charge < -0.3 is 14.6 Å². The lowest BCUT2D eigenvalue weighted by Gasteiger charge is -2.15. The van der Waals surface area contributed by atoms with Gasteiger partial charge in [0, 0.05) is 25.2 Å². The van der Waals surface area contributed by atoms with Gasteiger partial charge in [-0.25, -0.2) is 13.1 Å². The van der Waals surface area contributed by atoms with E-state index in [9.17, 15) is 8.42 Å². The van der Waals surface area contributed by atoms with Crippen molar-refractivity contribution in [2.24, 2.45) is 0 Å². The molecule has 0 spiro atoms.